The number of anilines is 1. The predicted octanol–water partition coefficient (Wildman–Crippen LogP) is 1.34. The molecule has 2 fully saturated rings. The normalized spacial score (nSPS) is 22.5. The maximum Gasteiger partial charge on any atom is 0.227 e. The SMILES string of the molecule is COc1ccccc1N1CCN(C(=O)[C@H]2CCCNC2)CC1. The molecular weight excluding hydrogens is 278 g/mol. The third kappa shape index (κ3) is 3.19. The summed E-state index contributed by atoms with van der Waals surface area (Å²) in [6.07, 6.45) is 2.14. The van der Waals surface area contributed by atoms with Crippen molar-refractivity contribution in [3.05, 3.63) is 24.3 Å². The molecule has 3 rings (SSSR count). The number of methoxy groups -OCH3 is 1. The van der Waals surface area contributed by atoms with Gasteiger partial charge in [-0.05, 0) is 31.5 Å². The lowest BCUT2D eigenvalue weighted by molar-refractivity contribution is -0.136. The summed E-state index contributed by atoms with van der Waals surface area (Å²) in [5.41, 5.74) is 1.12. The summed E-state index contributed by atoms with van der Waals surface area (Å²) in [4.78, 5) is 16.9. The first-order chi connectivity index (χ1) is 10.8. The Labute approximate surface area is 132 Å². The summed E-state index contributed by atoms with van der Waals surface area (Å²) in [5, 5.41) is 3.33. The van der Waals surface area contributed by atoms with Gasteiger partial charge in [0.2, 0.25) is 5.91 Å². The van der Waals surface area contributed by atoms with E-state index in [0.717, 1.165) is 63.5 Å². The maximum atomic E-state index is 12.6. The zero-order chi connectivity index (χ0) is 15.4. The number of piperidine rings is 1. The number of carbonyl (C=O) groups excluding carboxylic acids is 1. The fourth-order valence-electron chi connectivity index (χ4n) is 3.38. The standard InChI is InChI=1S/C17H25N3O2/c1-22-16-7-3-2-6-15(16)19-9-11-20(12-10-19)17(21)14-5-4-8-18-13-14/h2-3,6-7,14,18H,4-5,8-13H2,1H3/t14-/m0/s1. The molecule has 1 N–H and O–H groups in total. The minimum absolute atomic E-state index is 0.173. The Morgan fingerprint density at radius 3 is 2.68 bits per heavy atom. The van der Waals surface area contributed by atoms with Gasteiger partial charge < -0.3 is 19.9 Å². The van der Waals surface area contributed by atoms with Crippen LogP contribution >= 0.6 is 0 Å². The van der Waals surface area contributed by atoms with Crippen LogP contribution < -0.4 is 15.0 Å². The lowest BCUT2D eigenvalue weighted by Crippen LogP contribution is -2.52. The Balaban J connectivity index is 1.59. The highest BCUT2D eigenvalue weighted by Gasteiger charge is 2.28. The first-order valence-electron chi connectivity index (χ1n) is 8.17. The number of amides is 1. The number of hydrogen-bond donors (Lipinski definition) is 1. The van der Waals surface area contributed by atoms with E-state index in [1.807, 2.05) is 23.1 Å². The van der Waals surface area contributed by atoms with E-state index in [1.54, 1.807) is 7.11 Å². The molecule has 5 nitrogen and oxygen atoms in total. The Morgan fingerprint density at radius 1 is 1.23 bits per heavy atom. The van der Waals surface area contributed by atoms with Gasteiger partial charge in [-0.15, -0.1) is 0 Å². The Kier molecular flexibility index (Phi) is 4.83. The maximum absolute atomic E-state index is 12.6. The largest absolute Gasteiger partial charge is 0.495 e. The number of para-hydroxylation sites is 2. The molecule has 2 aliphatic rings. The number of benzene rings is 1. The number of rotatable bonds is 3. The second kappa shape index (κ2) is 7.01. The Hall–Kier alpha value is -1.75. The van der Waals surface area contributed by atoms with Gasteiger partial charge in [-0.2, -0.15) is 0 Å². The smallest absolute Gasteiger partial charge is 0.227 e. The van der Waals surface area contributed by atoms with E-state index in [2.05, 4.69) is 16.3 Å². The Morgan fingerprint density at radius 2 is 2.00 bits per heavy atom. The van der Waals surface area contributed by atoms with Gasteiger partial charge in [-0.3, -0.25) is 4.79 Å². The highest BCUT2D eigenvalue weighted by atomic mass is 16.5. The van der Waals surface area contributed by atoms with Crippen LogP contribution in [0.3, 0.4) is 0 Å². The number of carbonyl (C=O) groups is 1. The molecule has 0 spiro atoms. The summed E-state index contributed by atoms with van der Waals surface area (Å²) in [6.45, 7) is 5.22. The van der Waals surface area contributed by atoms with Crippen molar-refractivity contribution in [1.82, 2.24) is 10.2 Å². The van der Waals surface area contributed by atoms with E-state index in [4.69, 9.17) is 4.74 Å². The number of hydrogen-bond acceptors (Lipinski definition) is 4. The van der Waals surface area contributed by atoms with Crippen molar-refractivity contribution in [2.45, 2.75) is 12.8 Å². The number of ether oxygens (including phenoxy) is 1. The van der Waals surface area contributed by atoms with E-state index < -0.39 is 0 Å². The van der Waals surface area contributed by atoms with Crippen molar-refractivity contribution in [2.24, 2.45) is 5.92 Å². The van der Waals surface area contributed by atoms with Gasteiger partial charge in [-0.1, -0.05) is 12.1 Å². The van der Waals surface area contributed by atoms with Crippen LogP contribution in [0.2, 0.25) is 0 Å². The average molecular weight is 303 g/mol. The van der Waals surface area contributed by atoms with Gasteiger partial charge in [-0.25, -0.2) is 0 Å². The quantitative estimate of drug-likeness (QED) is 0.915. The molecule has 0 aliphatic carbocycles. The lowest BCUT2D eigenvalue weighted by atomic mass is 9.98. The summed E-state index contributed by atoms with van der Waals surface area (Å²) in [5.74, 6) is 1.40. The van der Waals surface area contributed by atoms with Gasteiger partial charge >= 0.3 is 0 Å². The molecule has 0 bridgehead atoms. The van der Waals surface area contributed by atoms with E-state index in [1.165, 1.54) is 0 Å². The Bertz CT molecular complexity index is 506. The van der Waals surface area contributed by atoms with Crippen LogP contribution in [0.4, 0.5) is 5.69 Å². The van der Waals surface area contributed by atoms with E-state index in [0.29, 0.717) is 5.91 Å². The summed E-state index contributed by atoms with van der Waals surface area (Å²) >= 11 is 0. The number of piperazine rings is 1. The predicted molar refractivity (Wildman–Crippen MR) is 87.4 cm³/mol. The minimum Gasteiger partial charge on any atom is -0.495 e. The van der Waals surface area contributed by atoms with Crippen LogP contribution in [0, 0.1) is 5.92 Å². The van der Waals surface area contributed by atoms with Crippen molar-refractivity contribution >= 4 is 11.6 Å². The fraction of sp³-hybridized carbons (Fsp3) is 0.588. The van der Waals surface area contributed by atoms with Crippen LogP contribution in [0.5, 0.6) is 5.75 Å². The van der Waals surface area contributed by atoms with Crippen molar-refractivity contribution in [2.75, 3.05) is 51.3 Å². The van der Waals surface area contributed by atoms with E-state index >= 15 is 0 Å². The molecule has 1 atom stereocenters. The molecule has 0 aromatic heterocycles. The summed E-state index contributed by atoms with van der Waals surface area (Å²) < 4.78 is 5.44. The minimum atomic E-state index is 0.173. The van der Waals surface area contributed by atoms with Crippen LogP contribution in [0.25, 0.3) is 0 Å². The highest BCUT2D eigenvalue weighted by molar-refractivity contribution is 5.79. The second-order valence-electron chi connectivity index (χ2n) is 6.03. The van der Waals surface area contributed by atoms with Crippen LogP contribution in [-0.4, -0.2) is 57.2 Å². The lowest BCUT2D eigenvalue weighted by Gasteiger charge is -2.38. The van der Waals surface area contributed by atoms with Crippen LogP contribution in [0.15, 0.2) is 24.3 Å². The molecule has 0 saturated carbocycles. The third-order valence-corrected chi connectivity index (χ3v) is 4.66. The van der Waals surface area contributed by atoms with Crippen LogP contribution in [-0.2, 0) is 4.79 Å². The third-order valence-electron chi connectivity index (χ3n) is 4.66. The molecule has 0 radical (unpaired) electrons. The van der Waals surface area contributed by atoms with Crippen LogP contribution in [0.1, 0.15) is 12.8 Å². The number of nitrogens with one attached hydrogen (secondary N) is 1. The molecule has 2 saturated heterocycles. The monoisotopic (exact) mass is 303 g/mol. The first-order valence-corrected chi connectivity index (χ1v) is 8.17. The van der Waals surface area contributed by atoms with Gasteiger partial charge in [0.15, 0.2) is 0 Å². The zero-order valence-electron chi connectivity index (χ0n) is 13.3. The molecular formula is C17H25N3O2. The molecule has 5 heteroatoms. The highest BCUT2D eigenvalue weighted by Crippen LogP contribution is 2.28. The molecule has 1 aromatic carbocycles. The fourth-order valence-corrected chi connectivity index (χ4v) is 3.38. The zero-order valence-corrected chi connectivity index (χ0v) is 13.3. The van der Waals surface area contributed by atoms with E-state index in [-0.39, 0.29) is 5.92 Å². The van der Waals surface area contributed by atoms with Crippen molar-refractivity contribution < 1.29 is 9.53 Å². The average Bonchev–Trinajstić information content (AvgIpc) is 2.62. The van der Waals surface area contributed by atoms with Gasteiger partial charge in [0.25, 0.3) is 0 Å². The summed E-state index contributed by atoms with van der Waals surface area (Å²) in [7, 11) is 1.70. The molecule has 22 heavy (non-hydrogen) atoms. The van der Waals surface area contributed by atoms with Gasteiger partial charge in [0.05, 0.1) is 18.7 Å². The number of nitrogens with zero attached hydrogens (tertiary/aromatic N) is 2. The molecule has 1 aromatic rings. The van der Waals surface area contributed by atoms with Crippen molar-refractivity contribution in [3.8, 4) is 5.75 Å². The molecule has 0 unspecified atom stereocenters. The second-order valence-corrected chi connectivity index (χ2v) is 6.03. The van der Waals surface area contributed by atoms with Gasteiger partial charge in [0, 0.05) is 32.7 Å². The molecule has 2 aliphatic heterocycles. The van der Waals surface area contributed by atoms with Gasteiger partial charge in [0.1, 0.15) is 5.75 Å². The molecule has 120 valence electrons. The molecule has 2 heterocycles. The van der Waals surface area contributed by atoms with Crippen molar-refractivity contribution in [1.29, 1.82) is 0 Å². The topological polar surface area (TPSA) is 44.8 Å². The van der Waals surface area contributed by atoms with E-state index in [9.17, 15) is 4.79 Å². The first kappa shape index (κ1) is 15.2. The van der Waals surface area contributed by atoms with Crippen molar-refractivity contribution in [3.63, 3.8) is 0 Å². The summed E-state index contributed by atoms with van der Waals surface area (Å²) in [6, 6.07) is 8.09. The molecule has 1 amide bonds.